The summed E-state index contributed by atoms with van der Waals surface area (Å²) in [6.07, 6.45) is 6.40. The zero-order valence-corrected chi connectivity index (χ0v) is 15.9. The summed E-state index contributed by atoms with van der Waals surface area (Å²) in [7, 11) is 1.73. The van der Waals surface area contributed by atoms with Gasteiger partial charge in [0.25, 0.3) is 0 Å². The number of rotatable bonds is 6. The van der Waals surface area contributed by atoms with Crippen molar-refractivity contribution in [3.63, 3.8) is 0 Å². The number of hydrogen-bond acceptors (Lipinski definition) is 6. The Kier molecular flexibility index (Phi) is 7.20. The minimum Gasteiger partial charge on any atom is -0.376 e. The van der Waals surface area contributed by atoms with Gasteiger partial charge in [-0.15, -0.1) is 0 Å². The lowest BCUT2D eigenvalue weighted by molar-refractivity contribution is -0.131. The summed E-state index contributed by atoms with van der Waals surface area (Å²) < 4.78 is 5.59. The Morgan fingerprint density at radius 1 is 1.26 bits per heavy atom. The number of piperazine rings is 1. The fourth-order valence-corrected chi connectivity index (χ4v) is 3.29. The second-order valence-corrected chi connectivity index (χ2v) is 6.68. The summed E-state index contributed by atoms with van der Waals surface area (Å²) in [5.41, 5.74) is 0. The maximum absolute atomic E-state index is 12.4. The van der Waals surface area contributed by atoms with Gasteiger partial charge in [-0.2, -0.15) is 0 Å². The van der Waals surface area contributed by atoms with E-state index >= 15 is 0 Å². The largest absolute Gasteiger partial charge is 0.376 e. The first-order valence-electron chi connectivity index (χ1n) is 9.62. The molecule has 9 nitrogen and oxygen atoms in total. The second-order valence-electron chi connectivity index (χ2n) is 6.68. The van der Waals surface area contributed by atoms with Gasteiger partial charge in [0, 0.05) is 71.7 Å². The summed E-state index contributed by atoms with van der Waals surface area (Å²) in [6, 6.07) is 1.81. The molecule has 1 atom stereocenters. The van der Waals surface area contributed by atoms with E-state index in [1.54, 1.807) is 25.5 Å². The molecule has 3 rings (SSSR count). The van der Waals surface area contributed by atoms with Gasteiger partial charge in [-0.05, 0) is 18.9 Å². The molecule has 2 saturated heterocycles. The molecule has 2 fully saturated rings. The van der Waals surface area contributed by atoms with Gasteiger partial charge in [0.1, 0.15) is 0 Å². The van der Waals surface area contributed by atoms with Crippen molar-refractivity contribution in [2.24, 2.45) is 4.99 Å². The van der Waals surface area contributed by atoms with Crippen LogP contribution in [0.5, 0.6) is 0 Å². The van der Waals surface area contributed by atoms with Gasteiger partial charge in [0.2, 0.25) is 11.9 Å². The number of carbonyl (C=O) groups excluding carboxylic acids is 1. The number of nitrogens with zero attached hydrogens (tertiary/aromatic N) is 5. The summed E-state index contributed by atoms with van der Waals surface area (Å²) in [5.74, 6) is 1.60. The predicted octanol–water partition coefficient (Wildman–Crippen LogP) is -0.141. The van der Waals surface area contributed by atoms with Gasteiger partial charge in [0.15, 0.2) is 5.96 Å². The third-order valence-corrected chi connectivity index (χ3v) is 4.84. The molecular weight excluding hydrogens is 346 g/mol. The average Bonchev–Trinajstić information content (AvgIpc) is 3.25. The van der Waals surface area contributed by atoms with Gasteiger partial charge >= 0.3 is 0 Å². The van der Waals surface area contributed by atoms with E-state index in [9.17, 15) is 4.79 Å². The first kappa shape index (κ1) is 19.3. The maximum Gasteiger partial charge on any atom is 0.225 e. The molecule has 27 heavy (non-hydrogen) atoms. The van der Waals surface area contributed by atoms with E-state index in [0.717, 1.165) is 45.0 Å². The Morgan fingerprint density at radius 3 is 2.70 bits per heavy atom. The van der Waals surface area contributed by atoms with Crippen LogP contribution in [0.3, 0.4) is 0 Å². The third kappa shape index (κ3) is 5.78. The van der Waals surface area contributed by atoms with Crippen LogP contribution in [0.2, 0.25) is 0 Å². The van der Waals surface area contributed by atoms with E-state index in [0.29, 0.717) is 32.0 Å². The van der Waals surface area contributed by atoms with Crippen molar-refractivity contribution < 1.29 is 9.53 Å². The number of amides is 1. The highest BCUT2D eigenvalue weighted by atomic mass is 16.5. The Labute approximate surface area is 160 Å². The lowest BCUT2D eigenvalue weighted by atomic mass is 10.2. The first-order valence-corrected chi connectivity index (χ1v) is 9.62. The van der Waals surface area contributed by atoms with Crippen molar-refractivity contribution in [1.82, 2.24) is 25.5 Å². The topological polar surface area (TPSA) is 95.0 Å². The van der Waals surface area contributed by atoms with Gasteiger partial charge in [-0.25, -0.2) is 9.97 Å². The highest BCUT2D eigenvalue weighted by molar-refractivity contribution is 5.81. The fraction of sp³-hybridized carbons (Fsp3) is 0.667. The van der Waals surface area contributed by atoms with Crippen LogP contribution < -0.4 is 15.5 Å². The van der Waals surface area contributed by atoms with Crippen LogP contribution in [0.4, 0.5) is 5.95 Å². The minimum absolute atomic E-state index is 0.158. The average molecular weight is 375 g/mol. The third-order valence-electron chi connectivity index (χ3n) is 4.84. The lowest BCUT2D eigenvalue weighted by Gasteiger charge is -2.34. The number of anilines is 1. The Morgan fingerprint density at radius 2 is 2.04 bits per heavy atom. The Hall–Kier alpha value is -2.42. The minimum atomic E-state index is 0.158. The van der Waals surface area contributed by atoms with Crippen molar-refractivity contribution >= 4 is 17.8 Å². The number of guanidine groups is 1. The second kappa shape index (κ2) is 10.1. The molecule has 0 aromatic carbocycles. The molecule has 9 heteroatoms. The van der Waals surface area contributed by atoms with Gasteiger partial charge < -0.3 is 25.2 Å². The van der Waals surface area contributed by atoms with Crippen molar-refractivity contribution in [3.8, 4) is 0 Å². The Bertz CT molecular complexity index is 611. The van der Waals surface area contributed by atoms with Crippen LogP contribution in [0.25, 0.3) is 0 Å². The number of carbonyl (C=O) groups is 1. The molecule has 2 aliphatic rings. The molecule has 0 bridgehead atoms. The molecule has 0 radical (unpaired) electrons. The Balaban J connectivity index is 1.33. The molecule has 0 saturated carbocycles. The highest BCUT2D eigenvalue weighted by Crippen LogP contribution is 2.11. The molecule has 0 spiro atoms. The number of aromatic nitrogens is 2. The van der Waals surface area contributed by atoms with E-state index in [1.165, 1.54) is 0 Å². The normalized spacial score (nSPS) is 20.6. The van der Waals surface area contributed by atoms with E-state index in [-0.39, 0.29) is 12.0 Å². The van der Waals surface area contributed by atoms with E-state index in [1.807, 2.05) is 4.90 Å². The van der Waals surface area contributed by atoms with Gasteiger partial charge in [-0.1, -0.05) is 0 Å². The molecule has 0 aliphatic carbocycles. The van der Waals surface area contributed by atoms with Crippen LogP contribution in [-0.2, 0) is 9.53 Å². The predicted molar refractivity (Wildman–Crippen MR) is 104 cm³/mol. The molecule has 3 heterocycles. The van der Waals surface area contributed by atoms with Crippen molar-refractivity contribution in [1.29, 1.82) is 0 Å². The summed E-state index contributed by atoms with van der Waals surface area (Å²) in [4.78, 5) is 29.2. The monoisotopic (exact) mass is 375 g/mol. The van der Waals surface area contributed by atoms with Gasteiger partial charge in [0.05, 0.1) is 6.10 Å². The molecular formula is C18H29N7O2. The van der Waals surface area contributed by atoms with Crippen LogP contribution >= 0.6 is 0 Å². The molecule has 1 aromatic heterocycles. The first-order chi connectivity index (χ1) is 13.3. The van der Waals surface area contributed by atoms with E-state index in [2.05, 4.69) is 30.5 Å². The van der Waals surface area contributed by atoms with Crippen molar-refractivity contribution in [2.75, 3.05) is 57.8 Å². The summed E-state index contributed by atoms with van der Waals surface area (Å²) in [6.45, 7) is 5.06. The fourth-order valence-electron chi connectivity index (χ4n) is 3.29. The van der Waals surface area contributed by atoms with Crippen LogP contribution in [-0.4, -0.2) is 85.8 Å². The van der Waals surface area contributed by atoms with E-state index in [4.69, 9.17) is 4.74 Å². The highest BCUT2D eigenvalue weighted by Gasteiger charge is 2.22. The number of nitrogens with one attached hydrogen (secondary N) is 2. The number of aliphatic imine (C=N–C) groups is 1. The lowest BCUT2D eigenvalue weighted by Crippen LogP contribution is -2.50. The van der Waals surface area contributed by atoms with E-state index < -0.39 is 0 Å². The molecule has 1 amide bonds. The smallest absolute Gasteiger partial charge is 0.225 e. The number of ether oxygens (including phenoxy) is 1. The standard InChI is InChI=1S/C18H29N7O2/c1-19-17(23-14-15-4-2-13-27-15)20-8-5-16(26)24-9-11-25(12-10-24)18-21-6-3-7-22-18/h3,6-7,15H,2,4-5,8-14H2,1H3,(H2,19,20,23). The summed E-state index contributed by atoms with van der Waals surface area (Å²) in [5, 5.41) is 6.46. The SMILES string of the molecule is CN=C(NCCC(=O)N1CCN(c2ncccn2)CC1)NCC1CCCO1. The zero-order chi connectivity index (χ0) is 18.9. The van der Waals surface area contributed by atoms with Crippen LogP contribution in [0.15, 0.2) is 23.5 Å². The molecule has 148 valence electrons. The molecule has 1 aromatic rings. The zero-order valence-electron chi connectivity index (χ0n) is 15.9. The molecule has 2 aliphatic heterocycles. The maximum atomic E-state index is 12.4. The van der Waals surface area contributed by atoms with Crippen LogP contribution in [0.1, 0.15) is 19.3 Å². The van der Waals surface area contributed by atoms with Crippen LogP contribution in [0, 0.1) is 0 Å². The molecule has 2 N–H and O–H groups in total. The number of hydrogen-bond donors (Lipinski definition) is 2. The summed E-state index contributed by atoms with van der Waals surface area (Å²) >= 11 is 0. The molecule has 1 unspecified atom stereocenters. The van der Waals surface area contributed by atoms with Crippen molar-refractivity contribution in [3.05, 3.63) is 18.5 Å². The van der Waals surface area contributed by atoms with Crippen molar-refractivity contribution in [2.45, 2.75) is 25.4 Å². The van der Waals surface area contributed by atoms with Gasteiger partial charge in [-0.3, -0.25) is 9.79 Å². The quantitative estimate of drug-likeness (QED) is 0.528.